The van der Waals surface area contributed by atoms with Crippen molar-refractivity contribution in [3.8, 4) is 0 Å². The Balaban J connectivity index is 1.58. The number of fused-ring (bicyclic) bond motifs is 1. The zero-order valence-electron chi connectivity index (χ0n) is 16.8. The first-order valence-electron chi connectivity index (χ1n) is 10.1. The highest BCUT2D eigenvalue weighted by Gasteiger charge is 2.22. The van der Waals surface area contributed by atoms with Gasteiger partial charge in [-0.15, -0.1) is 5.10 Å². The molecule has 3 heterocycles. The number of carbonyl (C=O) groups is 1. The highest BCUT2D eigenvalue weighted by molar-refractivity contribution is 5.90. The summed E-state index contributed by atoms with van der Waals surface area (Å²) in [6, 6.07) is 7.69. The Bertz CT molecular complexity index is 1090. The average Bonchev–Trinajstić information content (AvgIpc) is 3.03. The van der Waals surface area contributed by atoms with Gasteiger partial charge >= 0.3 is 5.69 Å². The maximum absolute atomic E-state index is 12.8. The van der Waals surface area contributed by atoms with Crippen LogP contribution in [0.25, 0.3) is 5.65 Å². The van der Waals surface area contributed by atoms with Crippen LogP contribution in [0.1, 0.15) is 32.3 Å². The molecular formula is C21H26N6O2. The maximum atomic E-state index is 12.8. The van der Waals surface area contributed by atoms with Gasteiger partial charge in [0.2, 0.25) is 11.6 Å². The average molecular weight is 394 g/mol. The molecule has 1 aromatic carbocycles. The number of benzene rings is 1. The van der Waals surface area contributed by atoms with Gasteiger partial charge in [0.1, 0.15) is 6.54 Å². The number of aryl methyl sites for hydroxylation is 1. The van der Waals surface area contributed by atoms with Crippen LogP contribution in [0.4, 0.5) is 11.5 Å². The van der Waals surface area contributed by atoms with Crippen molar-refractivity contribution >= 4 is 23.1 Å². The van der Waals surface area contributed by atoms with Gasteiger partial charge in [0.15, 0.2) is 5.82 Å². The highest BCUT2D eigenvalue weighted by Crippen LogP contribution is 2.23. The summed E-state index contributed by atoms with van der Waals surface area (Å²) in [6.45, 7) is 5.92. The van der Waals surface area contributed by atoms with Crippen LogP contribution in [0.2, 0.25) is 0 Å². The predicted octanol–water partition coefficient (Wildman–Crippen LogP) is 2.33. The number of piperidine rings is 1. The first-order valence-corrected chi connectivity index (χ1v) is 10.1. The maximum Gasteiger partial charge on any atom is 0.350 e. The summed E-state index contributed by atoms with van der Waals surface area (Å²) in [7, 11) is 0. The van der Waals surface area contributed by atoms with Crippen LogP contribution < -0.4 is 15.9 Å². The molecule has 29 heavy (non-hydrogen) atoms. The molecule has 1 aliphatic rings. The smallest absolute Gasteiger partial charge is 0.350 e. The van der Waals surface area contributed by atoms with Crippen LogP contribution in [-0.2, 0) is 17.8 Å². The summed E-state index contributed by atoms with van der Waals surface area (Å²) in [6.07, 6.45) is 6.39. The van der Waals surface area contributed by atoms with Gasteiger partial charge in [-0.3, -0.25) is 4.79 Å². The topological polar surface area (TPSA) is 84.5 Å². The molecule has 0 aliphatic carbocycles. The van der Waals surface area contributed by atoms with E-state index in [0.29, 0.717) is 17.4 Å². The van der Waals surface area contributed by atoms with Gasteiger partial charge < -0.3 is 10.2 Å². The summed E-state index contributed by atoms with van der Waals surface area (Å²) < 4.78 is 2.67. The number of hydrogen-bond donors (Lipinski definition) is 1. The van der Waals surface area contributed by atoms with Crippen molar-refractivity contribution in [1.82, 2.24) is 19.2 Å². The molecule has 0 unspecified atom stereocenters. The summed E-state index contributed by atoms with van der Waals surface area (Å²) in [4.78, 5) is 31.9. The Morgan fingerprint density at radius 1 is 1.34 bits per heavy atom. The molecule has 3 aromatic rings. The zero-order chi connectivity index (χ0) is 20.4. The molecule has 1 amide bonds. The van der Waals surface area contributed by atoms with Crippen LogP contribution in [0.15, 0.2) is 41.5 Å². The van der Waals surface area contributed by atoms with E-state index in [1.165, 1.54) is 15.5 Å². The van der Waals surface area contributed by atoms with Crippen LogP contribution in [-0.4, -0.2) is 38.2 Å². The molecular weight excluding hydrogens is 368 g/mol. The summed E-state index contributed by atoms with van der Waals surface area (Å²) in [5, 5.41) is 7.28. The van der Waals surface area contributed by atoms with E-state index in [2.05, 4.69) is 34.1 Å². The Labute approximate surface area is 169 Å². The van der Waals surface area contributed by atoms with Crippen molar-refractivity contribution in [3.63, 3.8) is 0 Å². The molecule has 1 fully saturated rings. The van der Waals surface area contributed by atoms with E-state index in [4.69, 9.17) is 0 Å². The fraction of sp³-hybridized carbons (Fsp3) is 0.429. The third-order valence-corrected chi connectivity index (χ3v) is 5.35. The molecule has 1 atom stereocenters. The fourth-order valence-corrected chi connectivity index (χ4v) is 3.85. The van der Waals surface area contributed by atoms with Gasteiger partial charge in [-0.05, 0) is 42.9 Å². The Morgan fingerprint density at radius 2 is 2.21 bits per heavy atom. The third-order valence-electron chi connectivity index (χ3n) is 5.35. The SMILES string of the molecule is CCc1cccc(NC(=O)Cn2nc3c(N4CCC[C@H](C)C4)nccn3c2=O)c1. The molecule has 0 spiro atoms. The number of anilines is 2. The largest absolute Gasteiger partial charge is 0.353 e. The molecule has 0 radical (unpaired) electrons. The number of rotatable bonds is 5. The van der Waals surface area contributed by atoms with E-state index < -0.39 is 0 Å². The van der Waals surface area contributed by atoms with Crippen molar-refractivity contribution in [2.75, 3.05) is 23.3 Å². The number of amides is 1. The second-order valence-corrected chi connectivity index (χ2v) is 7.68. The number of aromatic nitrogens is 4. The van der Waals surface area contributed by atoms with Crippen LogP contribution in [0.3, 0.4) is 0 Å². The molecule has 8 nitrogen and oxygen atoms in total. The first-order chi connectivity index (χ1) is 14.0. The highest BCUT2D eigenvalue weighted by atomic mass is 16.2. The minimum atomic E-state index is -0.342. The van der Waals surface area contributed by atoms with Crippen LogP contribution in [0.5, 0.6) is 0 Å². The van der Waals surface area contributed by atoms with Gasteiger partial charge in [-0.1, -0.05) is 26.0 Å². The molecule has 0 bridgehead atoms. The van der Waals surface area contributed by atoms with Gasteiger partial charge in [0.05, 0.1) is 0 Å². The summed E-state index contributed by atoms with van der Waals surface area (Å²) in [5.41, 5.74) is 2.01. The van der Waals surface area contributed by atoms with Crippen molar-refractivity contribution in [2.24, 2.45) is 5.92 Å². The molecule has 4 rings (SSSR count). The van der Waals surface area contributed by atoms with E-state index in [1.807, 2.05) is 24.3 Å². The lowest BCUT2D eigenvalue weighted by molar-refractivity contribution is -0.117. The van der Waals surface area contributed by atoms with Crippen molar-refractivity contribution in [1.29, 1.82) is 0 Å². The van der Waals surface area contributed by atoms with E-state index in [9.17, 15) is 9.59 Å². The van der Waals surface area contributed by atoms with Crippen molar-refractivity contribution in [3.05, 3.63) is 52.7 Å². The number of nitrogens with zero attached hydrogens (tertiary/aromatic N) is 5. The molecule has 1 aliphatic heterocycles. The van der Waals surface area contributed by atoms with Gasteiger partial charge in [-0.2, -0.15) is 0 Å². The Kier molecular flexibility index (Phi) is 5.33. The first kappa shape index (κ1) is 19.2. The lowest BCUT2D eigenvalue weighted by Crippen LogP contribution is -2.35. The number of nitrogens with one attached hydrogen (secondary N) is 1. The van der Waals surface area contributed by atoms with E-state index in [-0.39, 0.29) is 18.1 Å². The molecule has 0 saturated carbocycles. The number of hydrogen-bond acceptors (Lipinski definition) is 5. The fourth-order valence-electron chi connectivity index (χ4n) is 3.85. The van der Waals surface area contributed by atoms with Crippen molar-refractivity contribution < 1.29 is 4.79 Å². The monoisotopic (exact) mass is 394 g/mol. The zero-order valence-corrected chi connectivity index (χ0v) is 16.8. The Morgan fingerprint density at radius 3 is 3.00 bits per heavy atom. The molecule has 152 valence electrons. The van der Waals surface area contributed by atoms with Crippen molar-refractivity contribution in [2.45, 2.75) is 39.7 Å². The number of carbonyl (C=O) groups excluding carboxylic acids is 1. The van der Waals surface area contributed by atoms with E-state index in [0.717, 1.165) is 37.2 Å². The summed E-state index contributed by atoms with van der Waals surface area (Å²) >= 11 is 0. The lowest BCUT2D eigenvalue weighted by Gasteiger charge is -2.31. The van der Waals surface area contributed by atoms with Gasteiger partial charge in [0.25, 0.3) is 0 Å². The Hall–Kier alpha value is -3.16. The molecule has 1 saturated heterocycles. The molecule has 2 aromatic heterocycles. The summed E-state index contributed by atoms with van der Waals surface area (Å²) in [5.74, 6) is 0.986. The lowest BCUT2D eigenvalue weighted by atomic mass is 10.0. The predicted molar refractivity (Wildman–Crippen MR) is 112 cm³/mol. The van der Waals surface area contributed by atoms with Gasteiger partial charge in [-0.25, -0.2) is 18.9 Å². The van der Waals surface area contributed by atoms with E-state index >= 15 is 0 Å². The molecule has 1 N–H and O–H groups in total. The molecule has 8 heteroatoms. The van der Waals surface area contributed by atoms with Gasteiger partial charge in [0, 0.05) is 31.2 Å². The minimum Gasteiger partial charge on any atom is -0.353 e. The van der Waals surface area contributed by atoms with E-state index in [1.54, 1.807) is 12.4 Å². The third kappa shape index (κ3) is 4.01. The second-order valence-electron chi connectivity index (χ2n) is 7.68. The van der Waals surface area contributed by atoms with Crippen LogP contribution in [0, 0.1) is 5.92 Å². The normalized spacial score (nSPS) is 16.9. The minimum absolute atomic E-state index is 0.146. The second kappa shape index (κ2) is 8.06. The quantitative estimate of drug-likeness (QED) is 0.718. The standard InChI is InChI=1S/C21H26N6O2/c1-3-16-7-4-8-17(12-16)23-18(28)14-27-21(29)26-11-9-22-19(20(26)24-27)25-10-5-6-15(2)13-25/h4,7-9,11-12,15H,3,5-6,10,13-14H2,1-2H3,(H,23,28)/t15-/m0/s1. The van der Waals surface area contributed by atoms with Crippen LogP contribution >= 0.6 is 0 Å².